The minimum atomic E-state index is -0.318. The first-order chi connectivity index (χ1) is 14.8. The normalized spacial score (nSPS) is 12.5. The molecule has 1 unspecified atom stereocenters. The Morgan fingerprint density at radius 3 is 2.55 bits per heavy atom. The number of nitrogens with zero attached hydrogens (tertiary/aromatic N) is 4. The van der Waals surface area contributed by atoms with Crippen molar-refractivity contribution in [2.75, 3.05) is 11.1 Å². The highest BCUT2D eigenvalue weighted by molar-refractivity contribution is 9.10. The molecule has 0 radical (unpaired) electrons. The summed E-state index contributed by atoms with van der Waals surface area (Å²) in [5.41, 5.74) is 4.81. The highest BCUT2D eigenvalue weighted by Gasteiger charge is 2.16. The van der Waals surface area contributed by atoms with Gasteiger partial charge in [0.05, 0.1) is 17.5 Å². The van der Waals surface area contributed by atoms with Crippen LogP contribution in [0.4, 0.5) is 10.1 Å². The highest BCUT2D eigenvalue weighted by Crippen LogP contribution is 2.23. The predicted octanol–water partition coefficient (Wildman–Crippen LogP) is 4.52. The summed E-state index contributed by atoms with van der Waals surface area (Å²) in [7, 11) is 1.87. The van der Waals surface area contributed by atoms with Crippen LogP contribution in [0.5, 0.6) is 0 Å². The smallest absolute Gasteiger partial charge is 0.250 e. The van der Waals surface area contributed by atoms with Gasteiger partial charge in [0.1, 0.15) is 5.82 Å². The Balaban J connectivity index is 1.54. The number of amides is 1. The van der Waals surface area contributed by atoms with Crippen LogP contribution < -0.4 is 10.7 Å². The molecule has 3 rings (SSSR count). The number of hydrogen-bond donors (Lipinski definition) is 2. The lowest BCUT2D eigenvalue weighted by Gasteiger charge is -2.14. The predicted molar refractivity (Wildman–Crippen MR) is 125 cm³/mol. The molecule has 2 N–H and O–H groups in total. The second-order valence-corrected chi connectivity index (χ2v) is 8.66. The zero-order chi connectivity index (χ0) is 22.4. The second-order valence-electron chi connectivity index (χ2n) is 6.80. The monoisotopic (exact) mass is 504 g/mol. The lowest BCUT2D eigenvalue weighted by atomic mass is 10.1. The van der Waals surface area contributed by atoms with Crippen LogP contribution in [0.25, 0.3) is 0 Å². The number of nitrogens with one attached hydrogen (secondary N) is 2. The Hall–Kier alpha value is -2.72. The summed E-state index contributed by atoms with van der Waals surface area (Å²) in [6.07, 6.45) is 0. The van der Waals surface area contributed by atoms with Gasteiger partial charge in [0.2, 0.25) is 0 Å². The number of benzene rings is 2. The van der Waals surface area contributed by atoms with Gasteiger partial charge in [-0.1, -0.05) is 39.8 Å². The fraction of sp³-hybridized carbons (Fsp3) is 0.238. The summed E-state index contributed by atoms with van der Waals surface area (Å²) < 4.78 is 15.9. The molecular formula is C21H22BrFN6OS. The third kappa shape index (κ3) is 6.38. The van der Waals surface area contributed by atoms with Gasteiger partial charge >= 0.3 is 0 Å². The van der Waals surface area contributed by atoms with Crippen LogP contribution in [0.2, 0.25) is 0 Å². The molecule has 10 heteroatoms. The molecule has 0 saturated heterocycles. The Morgan fingerprint density at radius 1 is 1.19 bits per heavy atom. The van der Waals surface area contributed by atoms with Crippen molar-refractivity contribution in [1.82, 2.24) is 20.2 Å². The molecule has 0 aliphatic carbocycles. The van der Waals surface area contributed by atoms with Crippen molar-refractivity contribution in [1.29, 1.82) is 0 Å². The molecule has 2 aromatic carbocycles. The van der Waals surface area contributed by atoms with E-state index < -0.39 is 0 Å². The Bertz CT molecular complexity index is 1070. The fourth-order valence-electron chi connectivity index (χ4n) is 2.75. The van der Waals surface area contributed by atoms with E-state index in [1.165, 1.54) is 23.9 Å². The maximum Gasteiger partial charge on any atom is 0.250 e. The topological polar surface area (TPSA) is 84.2 Å². The minimum Gasteiger partial charge on any atom is -0.375 e. The zero-order valence-electron chi connectivity index (χ0n) is 17.3. The van der Waals surface area contributed by atoms with Crippen LogP contribution >= 0.6 is 27.7 Å². The van der Waals surface area contributed by atoms with Crippen LogP contribution in [0.3, 0.4) is 0 Å². The van der Waals surface area contributed by atoms with E-state index in [1.807, 2.05) is 42.8 Å². The summed E-state index contributed by atoms with van der Waals surface area (Å²) in [6.45, 7) is 3.75. The Kier molecular flexibility index (Phi) is 7.80. The van der Waals surface area contributed by atoms with Crippen molar-refractivity contribution in [3.8, 4) is 0 Å². The SMILES string of the molecule is C/C(=N/NC(=O)CSc1nnc(C(C)Nc2ccc(Br)cc2)n1C)c1ccc(F)cc1. The van der Waals surface area contributed by atoms with E-state index in [9.17, 15) is 9.18 Å². The van der Waals surface area contributed by atoms with Crippen molar-refractivity contribution in [3.63, 3.8) is 0 Å². The molecule has 1 aromatic heterocycles. The molecule has 0 bridgehead atoms. The van der Waals surface area contributed by atoms with E-state index in [4.69, 9.17) is 0 Å². The Labute approximate surface area is 192 Å². The number of aromatic nitrogens is 3. The minimum absolute atomic E-state index is 0.0650. The van der Waals surface area contributed by atoms with Crippen LogP contribution in [0.1, 0.15) is 31.3 Å². The van der Waals surface area contributed by atoms with Gasteiger partial charge in [-0.15, -0.1) is 10.2 Å². The lowest BCUT2D eigenvalue weighted by molar-refractivity contribution is -0.118. The Morgan fingerprint density at radius 2 is 1.87 bits per heavy atom. The first kappa shape index (κ1) is 23.0. The first-order valence-corrected chi connectivity index (χ1v) is 11.2. The van der Waals surface area contributed by atoms with Gasteiger partial charge in [-0.05, 0) is 55.8 Å². The third-order valence-corrected chi connectivity index (χ3v) is 5.97. The van der Waals surface area contributed by atoms with Gasteiger partial charge in [0.25, 0.3) is 5.91 Å². The van der Waals surface area contributed by atoms with Crippen molar-refractivity contribution in [2.45, 2.75) is 25.0 Å². The quantitative estimate of drug-likeness (QED) is 0.267. The molecular weight excluding hydrogens is 483 g/mol. The first-order valence-electron chi connectivity index (χ1n) is 9.46. The van der Waals surface area contributed by atoms with E-state index in [2.05, 4.69) is 42.0 Å². The molecule has 0 aliphatic heterocycles. The molecule has 162 valence electrons. The third-order valence-electron chi connectivity index (χ3n) is 4.43. The van der Waals surface area contributed by atoms with Gasteiger partial charge in [0, 0.05) is 17.2 Å². The maximum absolute atomic E-state index is 13.0. The fourth-order valence-corrected chi connectivity index (χ4v) is 3.73. The van der Waals surface area contributed by atoms with E-state index in [0.29, 0.717) is 10.9 Å². The number of halogens is 2. The average molecular weight is 505 g/mol. The number of carbonyl (C=O) groups is 1. The summed E-state index contributed by atoms with van der Waals surface area (Å²) in [5, 5.41) is 16.5. The summed E-state index contributed by atoms with van der Waals surface area (Å²) in [6, 6.07) is 13.7. The molecule has 0 aliphatic rings. The molecule has 1 atom stereocenters. The van der Waals surface area contributed by atoms with E-state index in [0.717, 1.165) is 21.5 Å². The average Bonchev–Trinajstić information content (AvgIpc) is 3.13. The van der Waals surface area contributed by atoms with Gasteiger partial charge < -0.3 is 9.88 Å². The summed E-state index contributed by atoms with van der Waals surface area (Å²) >= 11 is 4.70. The van der Waals surface area contributed by atoms with E-state index in [-0.39, 0.29) is 23.5 Å². The zero-order valence-corrected chi connectivity index (χ0v) is 19.7. The molecule has 31 heavy (non-hydrogen) atoms. The van der Waals surface area contributed by atoms with Gasteiger partial charge in [-0.25, -0.2) is 9.82 Å². The van der Waals surface area contributed by atoms with E-state index >= 15 is 0 Å². The van der Waals surface area contributed by atoms with E-state index in [1.54, 1.807) is 19.1 Å². The molecule has 0 spiro atoms. The van der Waals surface area contributed by atoms with Crippen molar-refractivity contribution in [3.05, 3.63) is 70.2 Å². The number of hydrogen-bond acceptors (Lipinski definition) is 6. The number of rotatable bonds is 8. The lowest BCUT2D eigenvalue weighted by Crippen LogP contribution is -2.21. The van der Waals surface area contributed by atoms with Crippen molar-refractivity contribution in [2.24, 2.45) is 12.1 Å². The molecule has 0 saturated carbocycles. The van der Waals surface area contributed by atoms with Gasteiger partial charge in [-0.3, -0.25) is 4.79 Å². The maximum atomic E-state index is 13.0. The van der Waals surface area contributed by atoms with Crippen molar-refractivity contribution >= 4 is 45.0 Å². The van der Waals surface area contributed by atoms with Crippen LogP contribution in [-0.4, -0.2) is 32.1 Å². The number of carbonyl (C=O) groups excluding carboxylic acids is 1. The van der Waals surface area contributed by atoms with Gasteiger partial charge in [0.15, 0.2) is 11.0 Å². The molecule has 3 aromatic rings. The molecule has 7 nitrogen and oxygen atoms in total. The van der Waals surface area contributed by atoms with Crippen molar-refractivity contribution < 1.29 is 9.18 Å². The van der Waals surface area contributed by atoms with Crippen LogP contribution in [-0.2, 0) is 11.8 Å². The highest BCUT2D eigenvalue weighted by atomic mass is 79.9. The number of hydrazone groups is 1. The second kappa shape index (κ2) is 10.5. The molecule has 1 heterocycles. The molecule has 0 fully saturated rings. The molecule has 1 amide bonds. The summed E-state index contributed by atoms with van der Waals surface area (Å²) in [5.74, 6) is 0.315. The van der Waals surface area contributed by atoms with Crippen LogP contribution in [0.15, 0.2) is 63.3 Å². The summed E-state index contributed by atoms with van der Waals surface area (Å²) in [4.78, 5) is 12.2. The number of thioether (sulfide) groups is 1. The van der Waals surface area contributed by atoms with Crippen LogP contribution in [0, 0.1) is 5.82 Å². The number of anilines is 1. The standard InChI is InChI=1S/C21H22BrFN6OS/c1-13(15-4-8-17(23)9-5-15)25-26-19(30)12-31-21-28-27-20(29(21)3)14(2)24-18-10-6-16(22)7-11-18/h4-11,14,24H,12H2,1-3H3,(H,26,30)/b25-13-. The largest absolute Gasteiger partial charge is 0.375 e. The van der Waals surface area contributed by atoms with Gasteiger partial charge in [-0.2, -0.15) is 5.10 Å².